The van der Waals surface area contributed by atoms with E-state index in [9.17, 15) is 9.59 Å². The number of benzene rings is 1. The number of hydrogen-bond acceptors (Lipinski definition) is 4. The van der Waals surface area contributed by atoms with E-state index in [0.29, 0.717) is 11.1 Å². The number of para-hydroxylation sites is 1. The van der Waals surface area contributed by atoms with Crippen LogP contribution in [0.1, 0.15) is 26.3 Å². The van der Waals surface area contributed by atoms with Crippen LogP contribution in [0.4, 0.5) is 0 Å². The van der Waals surface area contributed by atoms with E-state index in [-0.39, 0.29) is 6.61 Å². The van der Waals surface area contributed by atoms with Crippen LogP contribution in [0.3, 0.4) is 0 Å². The molecule has 2 aromatic rings. The van der Waals surface area contributed by atoms with E-state index < -0.39 is 17.0 Å². The second-order valence-electron chi connectivity index (χ2n) is 4.83. The van der Waals surface area contributed by atoms with E-state index >= 15 is 0 Å². The highest BCUT2D eigenvalue weighted by atomic mass is 16.5. The maximum atomic E-state index is 12.0. The maximum Gasteiger partial charge on any atom is 0.340 e. The minimum atomic E-state index is -1.03. The molecule has 0 aliphatic heterocycles. The number of carbonyl (C=O) groups is 1. The van der Waals surface area contributed by atoms with Gasteiger partial charge in [0.1, 0.15) is 5.58 Å². The van der Waals surface area contributed by atoms with Gasteiger partial charge in [0.05, 0.1) is 17.6 Å². The van der Waals surface area contributed by atoms with Crippen molar-refractivity contribution in [3.8, 4) is 0 Å². The normalized spacial score (nSPS) is 11.5. The van der Waals surface area contributed by atoms with Crippen LogP contribution in [-0.4, -0.2) is 12.6 Å². The van der Waals surface area contributed by atoms with Gasteiger partial charge in [-0.3, -0.25) is 4.79 Å². The monoisotopic (exact) mass is 260 g/mol. The zero-order valence-corrected chi connectivity index (χ0v) is 11.2. The van der Waals surface area contributed by atoms with E-state index in [0.717, 1.165) is 5.39 Å². The van der Waals surface area contributed by atoms with E-state index in [1.54, 1.807) is 39.0 Å². The second kappa shape index (κ2) is 4.88. The lowest BCUT2D eigenvalue weighted by atomic mass is 9.85. The van der Waals surface area contributed by atoms with Gasteiger partial charge < -0.3 is 9.15 Å². The van der Waals surface area contributed by atoms with Gasteiger partial charge in [0.25, 0.3) is 0 Å². The maximum absolute atomic E-state index is 12.0. The molecule has 0 amide bonds. The van der Waals surface area contributed by atoms with Crippen molar-refractivity contribution in [2.75, 3.05) is 6.61 Å². The van der Waals surface area contributed by atoms with Crippen LogP contribution < -0.4 is 5.63 Å². The van der Waals surface area contributed by atoms with Crippen LogP contribution >= 0.6 is 0 Å². The van der Waals surface area contributed by atoms with Crippen molar-refractivity contribution in [2.45, 2.75) is 26.2 Å². The Kier molecular flexibility index (Phi) is 3.42. The van der Waals surface area contributed by atoms with Gasteiger partial charge in [0, 0.05) is 5.39 Å². The van der Waals surface area contributed by atoms with Crippen molar-refractivity contribution in [1.29, 1.82) is 0 Å². The molecule has 19 heavy (non-hydrogen) atoms. The highest BCUT2D eigenvalue weighted by molar-refractivity contribution is 5.84. The van der Waals surface area contributed by atoms with Gasteiger partial charge in [-0.15, -0.1) is 0 Å². The zero-order valence-electron chi connectivity index (χ0n) is 11.2. The number of esters is 1. The molecule has 1 heterocycles. The second-order valence-corrected chi connectivity index (χ2v) is 4.83. The third-order valence-corrected chi connectivity index (χ3v) is 3.10. The summed E-state index contributed by atoms with van der Waals surface area (Å²) >= 11 is 0. The van der Waals surface area contributed by atoms with Crippen molar-refractivity contribution in [2.24, 2.45) is 0 Å². The fourth-order valence-electron chi connectivity index (χ4n) is 1.92. The van der Waals surface area contributed by atoms with Crippen LogP contribution in [0.15, 0.2) is 39.5 Å². The van der Waals surface area contributed by atoms with Gasteiger partial charge in [-0.2, -0.15) is 0 Å². The highest BCUT2D eigenvalue weighted by Gasteiger charge is 2.34. The molecule has 4 nitrogen and oxygen atoms in total. The third-order valence-electron chi connectivity index (χ3n) is 3.10. The number of rotatable bonds is 3. The molecule has 0 fully saturated rings. The first-order chi connectivity index (χ1) is 8.96. The average Bonchev–Trinajstić information content (AvgIpc) is 2.38. The van der Waals surface area contributed by atoms with Gasteiger partial charge in [-0.05, 0) is 32.9 Å². The summed E-state index contributed by atoms with van der Waals surface area (Å²) in [6.45, 7) is 5.33. The highest BCUT2D eigenvalue weighted by Crippen LogP contribution is 2.25. The molecule has 4 heteroatoms. The van der Waals surface area contributed by atoms with Crippen LogP contribution in [0.2, 0.25) is 0 Å². The van der Waals surface area contributed by atoms with Crippen molar-refractivity contribution < 1.29 is 13.9 Å². The molecular formula is C15H16O4. The Hall–Kier alpha value is -2.10. The molecule has 0 atom stereocenters. The summed E-state index contributed by atoms with van der Waals surface area (Å²) in [5, 5.41) is 0.787. The van der Waals surface area contributed by atoms with Crippen LogP contribution in [-0.2, 0) is 14.9 Å². The summed E-state index contributed by atoms with van der Waals surface area (Å²) in [5.41, 5.74) is -0.710. The molecule has 0 bridgehead atoms. The first-order valence-corrected chi connectivity index (χ1v) is 6.17. The fourth-order valence-corrected chi connectivity index (χ4v) is 1.92. The molecule has 0 unspecified atom stereocenters. The lowest BCUT2D eigenvalue weighted by Gasteiger charge is -2.21. The largest absolute Gasteiger partial charge is 0.465 e. The van der Waals surface area contributed by atoms with E-state index in [4.69, 9.17) is 9.15 Å². The Balaban J connectivity index is 2.59. The molecule has 0 N–H and O–H groups in total. The van der Waals surface area contributed by atoms with E-state index in [2.05, 4.69) is 0 Å². The average molecular weight is 260 g/mol. The molecule has 0 aliphatic rings. The fraction of sp³-hybridized carbons (Fsp3) is 0.333. The van der Waals surface area contributed by atoms with E-state index in [1.807, 2.05) is 12.1 Å². The van der Waals surface area contributed by atoms with Gasteiger partial charge in [-0.25, -0.2) is 4.79 Å². The van der Waals surface area contributed by atoms with Gasteiger partial charge >= 0.3 is 11.6 Å². The quantitative estimate of drug-likeness (QED) is 0.629. The van der Waals surface area contributed by atoms with E-state index in [1.165, 1.54) is 0 Å². The first-order valence-electron chi connectivity index (χ1n) is 6.17. The molecule has 100 valence electrons. The molecule has 0 saturated heterocycles. The van der Waals surface area contributed by atoms with Crippen LogP contribution in [0.25, 0.3) is 11.0 Å². The molecule has 1 aromatic carbocycles. The molecule has 0 saturated carbocycles. The number of ether oxygens (including phenoxy) is 1. The summed E-state index contributed by atoms with van der Waals surface area (Å²) in [6.07, 6.45) is 0. The van der Waals surface area contributed by atoms with Crippen molar-refractivity contribution in [3.63, 3.8) is 0 Å². The van der Waals surface area contributed by atoms with Crippen molar-refractivity contribution in [3.05, 3.63) is 46.3 Å². The predicted octanol–water partition coefficient (Wildman–Crippen LogP) is 2.63. The van der Waals surface area contributed by atoms with Crippen molar-refractivity contribution in [1.82, 2.24) is 0 Å². The van der Waals surface area contributed by atoms with Crippen LogP contribution in [0, 0.1) is 0 Å². The molecule has 2 rings (SSSR count). The van der Waals surface area contributed by atoms with Gasteiger partial charge in [-0.1, -0.05) is 18.2 Å². The third kappa shape index (κ3) is 2.38. The predicted molar refractivity (Wildman–Crippen MR) is 72.1 cm³/mol. The lowest BCUT2D eigenvalue weighted by molar-refractivity contribution is -0.148. The molecule has 0 radical (unpaired) electrons. The number of fused-ring (bicyclic) bond motifs is 1. The Morgan fingerprint density at radius 3 is 2.68 bits per heavy atom. The summed E-state index contributed by atoms with van der Waals surface area (Å²) in [5.74, 6) is -0.433. The zero-order chi connectivity index (χ0) is 14.0. The summed E-state index contributed by atoms with van der Waals surface area (Å²) < 4.78 is 10.3. The van der Waals surface area contributed by atoms with Crippen molar-refractivity contribution >= 4 is 16.9 Å². The Morgan fingerprint density at radius 2 is 2.00 bits per heavy atom. The topological polar surface area (TPSA) is 56.5 Å². The van der Waals surface area contributed by atoms with Gasteiger partial charge in [0.2, 0.25) is 0 Å². The lowest BCUT2D eigenvalue weighted by Crippen LogP contribution is -2.35. The SMILES string of the molecule is CCOC(=O)C(C)(C)c1cc2ccccc2oc1=O. The molecule has 0 aliphatic carbocycles. The molecule has 1 aromatic heterocycles. The Bertz CT molecular complexity index is 667. The number of hydrogen-bond donors (Lipinski definition) is 0. The minimum Gasteiger partial charge on any atom is -0.465 e. The summed E-state index contributed by atoms with van der Waals surface area (Å²) in [4.78, 5) is 24.0. The standard InChI is InChI=1S/C15H16O4/c1-4-18-14(17)15(2,3)11-9-10-7-5-6-8-12(10)19-13(11)16/h5-9H,4H2,1-3H3. The molecule has 0 spiro atoms. The Labute approximate surface area is 111 Å². The Morgan fingerprint density at radius 1 is 1.32 bits per heavy atom. The smallest absolute Gasteiger partial charge is 0.340 e. The summed E-state index contributed by atoms with van der Waals surface area (Å²) in [6, 6.07) is 8.89. The first kappa shape index (κ1) is 13.3. The number of carbonyl (C=O) groups excluding carboxylic acids is 1. The minimum absolute atomic E-state index is 0.279. The van der Waals surface area contributed by atoms with Gasteiger partial charge in [0.15, 0.2) is 0 Å². The summed E-state index contributed by atoms with van der Waals surface area (Å²) in [7, 11) is 0. The van der Waals surface area contributed by atoms with Crippen LogP contribution in [0.5, 0.6) is 0 Å². The molecular weight excluding hydrogens is 244 g/mol.